The summed E-state index contributed by atoms with van der Waals surface area (Å²) in [5.74, 6) is 0.884. The molecule has 3 N–H and O–H groups in total. The molecule has 37 heavy (non-hydrogen) atoms. The predicted octanol–water partition coefficient (Wildman–Crippen LogP) is 5.84. The maximum Gasteiger partial charge on any atom is 0.416 e. The number of hydrogen-bond acceptors (Lipinski definition) is 3. The van der Waals surface area contributed by atoms with Gasteiger partial charge in [-0.2, -0.15) is 13.2 Å². The van der Waals surface area contributed by atoms with Crippen molar-refractivity contribution >= 4 is 33.9 Å². The minimum atomic E-state index is -4.39. The molecule has 2 aliphatic rings. The quantitative estimate of drug-likeness (QED) is 0.362. The summed E-state index contributed by atoms with van der Waals surface area (Å²) in [6.07, 6.45) is 1.68. The van der Waals surface area contributed by atoms with Crippen molar-refractivity contribution in [2.24, 2.45) is 5.92 Å². The Hall–Kier alpha value is -2.62. The third-order valence-electron chi connectivity index (χ3n) is 8.06. The second-order valence-electron chi connectivity index (χ2n) is 10.2. The number of nitrogens with zero attached hydrogens (tertiary/aromatic N) is 2. The summed E-state index contributed by atoms with van der Waals surface area (Å²) in [5, 5.41) is 15.0. The van der Waals surface area contributed by atoms with Crippen LogP contribution in [0, 0.1) is 5.92 Å². The van der Waals surface area contributed by atoms with E-state index in [0.29, 0.717) is 22.6 Å². The number of para-hydroxylation sites is 1. The van der Waals surface area contributed by atoms with Gasteiger partial charge in [0.1, 0.15) is 0 Å². The van der Waals surface area contributed by atoms with Crippen LogP contribution in [0.5, 0.6) is 0 Å². The highest BCUT2D eigenvalue weighted by Gasteiger charge is 2.34. The number of hydrogen-bond donors (Lipinski definition) is 3. The molecular formula is C28H33F3N4OS. The van der Waals surface area contributed by atoms with Crippen molar-refractivity contribution < 1.29 is 18.3 Å². The largest absolute Gasteiger partial charge is 0.416 e. The van der Waals surface area contributed by atoms with Crippen LogP contribution in [0.3, 0.4) is 0 Å². The summed E-state index contributed by atoms with van der Waals surface area (Å²) in [6.45, 7) is 3.50. The highest BCUT2D eigenvalue weighted by atomic mass is 32.1. The Kier molecular flexibility index (Phi) is 7.74. The first kappa shape index (κ1) is 26.0. The normalized spacial score (nSPS) is 19.3. The number of aromatic nitrogens is 1. The van der Waals surface area contributed by atoms with E-state index in [0.717, 1.165) is 64.0 Å². The molecule has 2 aromatic carbocycles. The molecule has 3 aromatic rings. The van der Waals surface area contributed by atoms with Crippen molar-refractivity contribution in [3.63, 3.8) is 0 Å². The minimum absolute atomic E-state index is 0.121. The van der Waals surface area contributed by atoms with E-state index in [4.69, 9.17) is 12.2 Å². The first-order valence-electron chi connectivity index (χ1n) is 13.0. The molecule has 0 bridgehead atoms. The van der Waals surface area contributed by atoms with E-state index in [1.807, 2.05) is 4.90 Å². The summed E-state index contributed by atoms with van der Waals surface area (Å²) in [5.41, 5.74) is 2.22. The van der Waals surface area contributed by atoms with E-state index in [9.17, 15) is 18.3 Å². The molecule has 0 amide bonds. The van der Waals surface area contributed by atoms with Crippen molar-refractivity contribution in [3.8, 4) is 0 Å². The molecule has 0 radical (unpaired) electrons. The fourth-order valence-electron chi connectivity index (χ4n) is 6.00. The van der Waals surface area contributed by atoms with Crippen molar-refractivity contribution in [2.75, 3.05) is 38.1 Å². The molecule has 1 aromatic heterocycles. The van der Waals surface area contributed by atoms with Gasteiger partial charge in [0.05, 0.1) is 12.2 Å². The van der Waals surface area contributed by atoms with Gasteiger partial charge in [0.25, 0.3) is 0 Å². The third-order valence-corrected chi connectivity index (χ3v) is 8.42. The number of aliphatic hydroxyl groups excluding tert-OH is 1. The minimum Gasteiger partial charge on any atom is -0.395 e. The Labute approximate surface area is 220 Å². The van der Waals surface area contributed by atoms with Crippen LogP contribution < -0.4 is 5.32 Å². The molecule has 3 heterocycles. The van der Waals surface area contributed by atoms with E-state index in [2.05, 4.69) is 45.7 Å². The number of rotatable bonds is 5. The average Bonchev–Trinajstić information content (AvgIpc) is 3.34. The number of likely N-dealkylation sites (tertiary alicyclic amines) is 2. The van der Waals surface area contributed by atoms with Crippen LogP contribution in [0.15, 0.2) is 54.7 Å². The van der Waals surface area contributed by atoms with Crippen molar-refractivity contribution in [1.82, 2.24) is 14.8 Å². The number of piperidine rings is 2. The van der Waals surface area contributed by atoms with Crippen molar-refractivity contribution in [1.29, 1.82) is 0 Å². The maximum atomic E-state index is 13.0. The first-order chi connectivity index (χ1) is 17.8. The summed E-state index contributed by atoms with van der Waals surface area (Å²) < 4.78 is 39.1. The fraction of sp³-hybridized carbons (Fsp3) is 0.464. The summed E-state index contributed by atoms with van der Waals surface area (Å²) in [4.78, 5) is 7.86. The van der Waals surface area contributed by atoms with Crippen LogP contribution in [-0.4, -0.2) is 63.8 Å². The SMILES string of the molecule is OCC(C1CCN(C(=S)Nc2cccc(C(F)(F)F)c2)CC1)N1CCC(c2c[nH]c3ccccc23)CC1. The molecule has 1 unspecified atom stereocenters. The Bertz CT molecular complexity index is 1210. The highest BCUT2D eigenvalue weighted by molar-refractivity contribution is 7.80. The van der Waals surface area contributed by atoms with Gasteiger partial charge in [-0.05, 0) is 92.7 Å². The lowest BCUT2D eigenvalue weighted by atomic mass is 9.85. The Morgan fingerprint density at radius 3 is 2.46 bits per heavy atom. The lowest BCUT2D eigenvalue weighted by molar-refractivity contribution is -0.137. The second-order valence-corrected chi connectivity index (χ2v) is 10.6. The molecule has 1 atom stereocenters. The van der Waals surface area contributed by atoms with Gasteiger partial charge in [-0.3, -0.25) is 4.90 Å². The zero-order valence-electron chi connectivity index (χ0n) is 20.7. The molecule has 198 valence electrons. The molecule has 5 rings (SSSR count). The number of anilines is 1. The molecule has 0 saturated carbocycles. The number of thiocarbonyl (C=S) groups is 1. The van der Waals surface area contributed by atoms with E-state index < -0.39 is 11.7 Å². The Balaban J connectivity index is 1.13. The van der Waals surface area contributed by atoms with Gasteiger partial charge in [-0.1, -0.05) is 24.3 Å². The number of H-pyrrole nitrogens is 1. The van der Waals surface area contributed by atoms with Crippen LogP contribution in [0.2, 0.25) is 0 Å². The monoisotopic (exact) mass is 530 g/mol. The zero-order chi connectivity index (χ0) is 26.0. The summed E-state index contributed by atoms with van der Waals surface area (Å²) in [7, 11) is 0. The molecule has 5 nitrogen and oxygen atoms in total. The predicted molar refractivity (Wildman–Crippen MR) is 145 cm³/mol. The summed E-state index contributed by atoms with van der Waals surface area (Å²) in [6, 6.07) is 13.7. The second kappa shape index (κ2) is 11.0. The van der Waals surface area contributed by atoms with Gasteiger partial charge in [0, 0.05) is 41.9 Å². The fourth-order valence-corrected chi connectivity index (χ4v) is 6.30. The van der Waals surface area contributed by atoms with Gasteiger partial charge < -0.3 is 20.3 Å². The highest BCUT2D eigenvalue weighted by Crippen LogP contribution is 2.35. The van der Waals surface area contributed by atoms with Crippen LogP contribution >= 0.6 is 12.2 Å². The molecule has 2 aliphatic heterocycles. The van der Waals surface area contributed by atoms with Gasteiger partial charge in [0.15, 0.2) is 5.11 Å². The zero-order valence-corrected chi connectivity index (χ0v) is 21.5. The van der Waals surface area contributed by atoms with E-state index in [-0.39, 0.29) is 12.6 Å². The molecular weight excluding hydrogens is 497 g/mol. The van der Waals surface area contributed by atoms with Crippen LogP contribution in [0.1, 0.15) is 42.7 Å². The summed E-state index contributed by atoms with van der Waals surface area (Å²) >= 11 is 5.51. The van der Waals surface area contributed by atoms with Crippen LogP contribution in [0.25, 0.3) is 10.9 Å². The van der Waals surface area contributed by atoms with E-state index in [1.54, 1.807) is 6.07 Å². The average molecular weight is 531 g/mol. The Morgan fingerprint density at radius 2 is 1.76 bits per heavy atom. The third kappa shape index (κ3) is 5.78. The van der Waals surface area contributed by atoms with Crippen LogP contribution in [0.4, 0.5) is 18.9 Å². The standard InChI is InChI=1S/C28H33F3N4OS/c29-28(30,31)21-4-3-5-22(16-21)33-27(37)35-14-10-20(11-15-35)26(18-36)34-12-8-19(9-13-34)24-17-32-25-7-2-1-6-23(24)25/h1-7,16-17,19-20,26,32,36H,8-15,18H2,(H,33,37). The number of nitrogens with one attached hydrogen (secondary N) is 2. The van der Waals surface area contributed by atoms with Crippen molar-refractivity contribution in [3.05, 3.63) is 65.9 Å². The maximum absolute atomic E-state index is 13.0. The van der Waals surface area contributed by atoms with Gasteiger partial charge in [-0.25, -0.2) is 0 Å². The number of alkyl halides is 3. The topological polar surface area (TPSA) is 54.5 Å². The van der Waals surface area contributed by atoms with Gasteiger partial charge >= 0.3 is 6.18 Å². The molecule has 2 saturated heterocycles. The van der Waals surface area contributed by atoms with Gasteiger partial charge in [-0.15, -0.1) is 0 Å². The number of aromatic amines is 1. The number of aliphatic hydroxyl groups is 1. The number of halogens is 3. The van der Waals surface area contributed by atoms with Crippen molar-refractivity contribution in [2.45, 2.75) is 43.8 Å². The number of benzene rings is 2. The molecule has 0 aliphatic carbocycles. The van der Waals surface area contributed by atoms with E-state index >= 15 is 0 Å². The van der Waals surface area contributed by atoms with Crippen LogP contribution in [-0.2, 0) is 6.18 Å². The number of fused-ring (bicyclic) bond motifs is 1. The Morgan fingerprint density at radius 1 is 1.03 bits per heavy atom. The molecule has 0 spiro atoms. The lowest BCUT2D eigenvalue weighted by Gasteiger charge is -2.43. The molecule has 2 fully saturated rings. The van der Waals surface area contributed by atoms with Gasteiger partial charge in [0.2, 0.25) is 0 Å². The lowest BCUT2D eigenvalue weighted by Crippen LogP contribution is -2.51. The molecule has 9 heteroatoms. The first-order valence-corrected chi connectivity index (χ1v) is 13.4. The van der Waals surface area contributed by atoms with E-state index in [1.165, 1.54) is 22.5 Å². The smallest absolute Gasteiger partial charge is 0.395 e.